The summed E-state index contributed by atoms with van der Waals surface area (Å²) in [4.78, 5) is 0. The Balaban J connectivity index is 2.36. The van der Waals surface area contributed by atoms with Crippen LogP contribution in [0.1, 0.15) is 0 Å². The minimum absolute atomic E-state index is 0.266. The van der Waals surface area contributed by atoms with Crippen LogP contribution in [0.2, 0.25) is 0 Å². The Labute approximate surface area is 97.5 Å². The first kappa shape index (κ1) is 9.77. The molecular formula is C12H12N4O. The van der Waals surface area contributed by atoms with Gasteiger partial charge in [-0.15, -0.1) is 0 Å². The second-order valence-corrected chi connectivity index (χ2v) is 4.00. The molecule has 0 atom stereocenters. The second kappa shape index (κ2) is 3.28. The maximum atomic E-state index is 9.81. The Bertz CT molecular complexity index is 696. The molecule has 86 valence electrons. The van der Waals surface area contributed by atoms with Crippen LogP contribution in [0.5, 0.6) is 5.75 Å². The molecule has 2 aromatic heterocycles. The van der Waals surface area contributed by atoms with Crippen molar-refractivity contribution in [3.63, 3.8) is 0 Å². The first-order valence-corrected chi connectivity index (χ1v) is 5.25. The van der Waals surface area contributed by atoms with Gasteiger partial charge in [-0.1, -0.05) is 6.07 Å². The zero-order valence-corrected chi connectivity index (χ0v) is 9.31. The zero-order chi connectivity index (χ0) is 12.0. The molecule has 1 aromatic carbocycles. The van der Waals surface area contributed by atoms with Crippen LogP contribution < -0.4 is 5.73 Å². The maximum Gasteiger partial charge on any atom is 0.124 e. The van der Waals surface area contributed by atoms with Gasteiger partial charge in [-0.05, 0) is 18.2 Å². The lowest BCUT2D eigenvalue weighted by molar-refractivity contribution is 0.481. The Morgan fingerprint density at radius 1 is 1.41 bits per heavy atom. The first-order chi connectivity index (χ1) is 8.18. The van der Waals surface area contributed by atoms with Crippen molar-refractivity contribution < 1.29 is 5.11 Å². The lowest BCUT2D eigenvalue weighted by atomic mass is 10.2. The Kier molecular flexibility index (Phi) is 1.89. The van der Waals surface area contributed by atoms with Crippen LogP contribution in [0.4, 0.5) is 5.69 Å². The number of fused-ring (bicyclic) bond motifs is 1. The number of phenolic OH excluding ortho intramolecular Hbond substituents is 1. The minimum atomic E-state index is 0.266. The summed E-state index contributed by atoms with van der Waals surface area (Å²) in [5.74, 6) is 0.266. The summed E-state index contributed by atoms with van der Waals surface area (Å²) in [5.41, 5.74) is 9.04. The van der Waals surface area contributed by atoms with Crippen LogP contribution in [0, 0.1) is 0 Å². The van der Waals surface area contributed by atoms with E-state index in [0.717, 1.165) is 22.3 Å². The molecule has 0 amide bonds. The standard InChI is InChI=1S/C12H12N4O/c1-16-9-3-2-4-11(17)7(9)5-10(16)12-8(13)6-14-15-12/h2-6,17H,13H2,1H3,(H,14,15). The number of aromatic nitrogens is 3. The van der Waals surface area contributed by atoms with E-state index < -0.39 is 0 Å². The molecule has 0 saturated heterocycles. The molecule has 0 saturated carbocycles. The zero-order valence-electron chi connectivity index (χ0n) is 9.31. The number of nitrogens with zero attached hydrogens (tertiary/aromatic N) is 2. The molecule has 4 N–H and O–H groups in total. The molecule has 17 heavy (non-hydrogen) atoms. The number of hydrogen-bond acceptors (Lipinski definition) is 3. The first-order valence-electron chi connectivity index (χ1n) is 5.25. The number of phenols is 1. The van der Waals surface area contributed by atoms with Gasteiger partial charge in [0.1, 0.15) is 11.4 Å². The van der Waals surface area contributed by atoms with Gasteiger partial charge in [0.05, 0.1) is 23.1 Å². The summed E-state index contributed by atoms with van der Waals surface area (Å²) >= 11 is 0. The third-order valence-electron chi connectivity index (χ3n) is 2.99. The van der Waals surface area contributed by atoms with Crippen molar-refractivity contribution in [3.8, 4) is 17.1 Å². The van der Waals surface area contributed by atoms with Gasteiger partial charge in [0.15, 0.2) is 0 Å². The molecule has 0 aliphatic carbocycles. The summed E-state index contributed by atoms with van der Waals surface area (Å²) in [5, 5.41) is 17.4. The monoisotopic (exact) mass is 228 g/mol. The largest absolute Gasteiger partial charge is 0.507 e. The number of benzene rings is 1. The highest BCUT2D eigenvalue weighted by Crippen LogP contribution is 2.33. The van der Waals surface area contributed by atoms with Crippen molar-refractivity contribution in [2.75, 3.05) is 5.73 Å². The number of H-pyrrole nitrogens is 1. The second-order valence-electron chi connectivity index (χ2n) is 4.00. The number of nitrogen functional groups attached to an aromatic ring is 1. The summed E-state index contributed by atoms with van der Waals surface area (Å²) in [7, 11) is 1.93. The molecule has 5 heteroatoms. The lowest BCUT2D eigenvalue weighted by Gasteiger charge is -2.02. The fraction of sp³-hybridized carbons (Fsp3) is 0.0833. The van der Waals surface area contributed by atoms with Crippen molar-refractivity contribution in [3.05, 3.63) is 30.5 Å². The van der Waals surface area contributed by atoms with Crippen LogP contribution in [0.15, 0.2) is 30.5 Å². The topological polar surface area (TPSA) is 79.9 Å². The molecule has 0 bridgehead atoms. The van der Waals surface area contributed by atoms with Crippen LogP contribution in [0.25, 0.3) is 22.3 Å². The van der Waals surface area contributed by atoms with Gasteiger partial charge < -0.3 is 15.4 Å². The Hall–Kier alpha value is -2.43. The minimum Gasteiger partial charge on any atom is -0.507 e. The summed E-state index contributed by atoms with van der Waals surface area (Å²) < 4.78 is 1.97. The van der Waals surface area contributed by atoms with Gasteiger partial charge in [0.25, 0.3) is 0 Å². The smallest absolute Gasteiger partial charge is 0.124 e. The Morgan fingerprint density at radius 2 is 2.24 bits per heavy atom. The molecule has 3 rings (SSSR count). The molecule has 0 spiro atoms. The predicted octanol–water partition coefficient (Wildman–Crippen LogP) is 1.86. The van der Waals surface area contributed by atoms with E-state index in [1.54, 1.807) is 12.3 Å². The third-order valence-corrected chi connectivity index (χ3v) is 2.99. The summed E-state index contributed by atoms with van der Waals surface area (Å²) in [6.07, 6.45) is 1.58. The van der Waals surface area contributed by atoms with E-state index in [2.05, 4.69) is 10.2 Å². The average molecular weight is 228 g/mol. The van der Waals surface area contributed by atoms with Gasteiger partial charge >= 0.3 is 0 Å². The normalized spacial score (nSPS) is 11.1. The predicted molar refractivity (Wildman–Crippen MR) is 66.6 cm³/mol. The van der Waals surface area contributed by atoms with E-state index in [1.165, 1.54) is 0 Å². The average Bonchev–Trinajstić information content (AvgIpc) is 2.85. The number of aromatic hydroxyl groups is 1. The molecule has 0 fully saturated rings. The maximum absolute atomic E-state index is 9.81. The van der Waals surface area contributed by atoms with E-state index in [-0.39, 0.29) is 5.75 Å². The molecule has 0 radical (unpaired) electrons. The van der Waals surface area contributed by atoms with E-state index in [4.69, 9.17) is 5.73 Å². The summed E-state index contributed by atoms with van der Waals surface area (Å²) in [6.45, 7) is 0. The molecule has 0 aliphatic rings. The van der Waals surface area contributed by atoms with Crippen molar-refractivity contribution in [1.82, 2.24) is 14.8 Å². The number of nitrogens with two attached hydrogens (primary N) is 1. The van der Waals surface area contributed by atoms with E-state index in [0.29, 0.717) is 5.69 Å². The lowest BCUT2D eigenvalue weighted by Crippen LogP contribution is -1.94. The Morgan fingerprint density at radius 3 is 2.88 bits per heavy atom. The molecule has 3 aromatic rings. The van der Waals surface area contributed by atoms with Crippen LogP contribution in [-0.2, 0) is 7.05 Å². The summed E-state index contributed by atoms with van der Waals surface area (Å²) in [6, 6.07) is 7.33. The van der Waals surface area contributed by atoms with E-state index >= 15 is 0 Å². The van der Waals surface area contributed by atoms with Crippen molar-refractivity contribution in [1.29, 1.82) is 0 Å². The van der Waals surface area contributed by atoms with Crippen LogP contribution in [0.3, 0.4) is 0 Å². The van der Waals surface area contributed by atoms with Gasteiger partial charge in [0, 0.05) is 12.4 Å². The molecule has 5 nitrogen and oxygen atoms in total. The van der Waals surface area contributed by atoms with Gasteiger partial charge in [-0.25, -0.2) is 0 Å². The molecular weight excluding hydrogens is 216 g/mol. The highest BCUT2D eigenvalue weighted by molar-refractivity contribution is 5.92. The number of rotatable bonds is 1. The number of hydrogen-bond donors (Lipinski definition) is 3. The van der Waals surface area contributed by atoms with E-state index in [9.17, 15) is 5.11 Å². The quantitative estimate of drug-likeness (QED) is 0.594. The fourth-order valence-electron chi connectivity index (χ4n) is 2.09. The van der Waals surface area contributed by atoms with Gasteiger partial charge in [-0.2, -0.15) is 5.10 Å². The third kappa shape index (κ3) is 1.29. The van der Waals surface area contributed by atoms with Gasteiger partial charge in [0.2, 0.25) is 0 Å². The van der Waals surface area contributed by atoms with Crippen molar-refractivity contribution in [2.45, 2.75) is 0 Å². The number of anilines is 1. The number of aromatic amines is 1. The number of nitrogens with one attached hydrogen (secondary N) is 1. The van der Waals surface area contributed by atoms with Crippen LogP contribution >= 0.6 is 0 Å². The number of aryl methyl sites for hydroxylation is 1. The van der Waals surface area contributed by atoms with Gasteiger partial charge in [-0.3, -0.25) is 5.10 Å². The highest BCUT2D eigenvalue weighted by Gasteiger charge is 2.13. The SMILES string of the molecule is Cn1c(-c2[nH]ncc2N)cc2c(O)cccc21. The van der Waals surface area contributed by atoms with Crippen molar-refractivity contribution >= 4 is 16.6 Å². The molecule has 0 aliphatic heterocycles. The molecule has 0 unspecified atom stereocenters. The highest BCUT2D eigenvalue weighted by atomic mass is 16.3. The molecule has 2 heterocycles. The van der Waals surface area contributed by atoms with E-state index in [1.807, 2.05) is 29.8 Å². The fourth-order valence-corrected chi connectivity index (χ4v) is 2.09. The van der Waals surface area contributed by atoms with Crippen molar-refractivity contribution in [2.24, 2.45) is 7.05 Å². The van der Waals surface area contributed by atoms with Crippen LogP contribution in [-0.4, -0.2) is 19.9 Å².